The standard InChI is InChI=1S/C13H11NO6S/c1-19-13(16)11-8-7-10(20-11)12(15)14-21(17,18)9-5-3-2-4-6-9/h2-8H,1H3,(H,14,15). The Hall–Kier alpha value is -2.61. The van der Waals surface area contributed by atoms with Gasteiger partial charge < -0.3 is 9.15 Å². The predicted octanol–water partition coefficient (Wildman–Crippen LogP) is 1.18. The van der Waals surface area contributed by atoms with Crippen LogP contribution in [-0.4, -0.2) is 27.4 Å². The first-order valence-electron chi connectivity index (χ1n) is 5.74. The number of methoxy groups -OCH3 is 1. The van der Waals surface area contributed by atoms with Gasteiger partial charge >= 0.3 is 11.9 Å². The van der Waals surface area contributed by atoms with Crippen molar-refractivity contribution in [2.45, 2.75) is 4.90 Å². The van der Waals surface area contributed by atoms with E-state index in [2.05, 4.69) is 4.74 Å². The van der Waals surface area contributed by atoms with Crippen LogP contribution in [0.2, 0.25) is 0 Å². The second kappa shape index (κ2) is 5.80. The van der Waals surface area contributed by atoms with Crippen molar-refractivity contribution in [3.63, 3.8) is 0 Å². The Labute approximate surface area is 120 Å². The van der Waals surface area contributed by atoms with Crippen molar-refractivity contribution < 1.29 is 27.2 Å². The molecule has 0 aliphatic rings. The molecule has 0 aliphatic heterocycles. The van der Waals surface area contributed by atoms with E-state index in [1.165, 1.54) is 36.4 Å². The molecule has 1 N–H and O–H groups in total. The van der Waals surface area contributed by atoms with E-state index < -0.39 is 21.9 Å². The van der Waals surface area contributed by atoms with Crippen LogP contribution >= 0.6 is 0 Å². The van der Waals surface area contributed by atoms with Gasteiger partial charge in [-0.3, -0.25) is 4.79 Å². The molecule has 2 rings (SSSR count). The molecule has 1 amide bonds. The molecule has 0 unspecified atom stereocenters. The van der Waals surface area contributed by atoms with Crippen LogP contribution in [0.3, 0.4) is 0 Å². The monoisotopic (exact) mass is 309 g/mol. The molecule has 7 nitrogen and oxygen atoms in total. The highest BCUT2D eigenvalue weighted by Crippen LogP contribution is 2.12. The third-order valence-electron chi connectivity index (χ3n) is 2.50. The Morgan fingerprint density at radius 3 is 2.29 bits per heavy atom. The number of carbonyl (C=O) groups excluding carboxylic acids is 2. The molecule has 8 heteroatoms. The van der Waals surface area contributed by atoms with Gasteiger partial charge in [-0.25, -0.2) is 17.9 Å². The van der Waals surface area contributed by atoms with E-state index in [1.807, 2.05) is 4.72 Å². The number of rotatable bonds is 4. The summed E-state index contributed by atoms with van der Waals surface area (Å²) in [5.41, 5.74) is 0. The average Bonchev–Trinajstić information content (AvgIpc) is 2.97. The number of nitrogens with one attached hydrogen (secondary N) is 1. The fourth-order valence-corrected chi connectivity index (χ4v) is 2.48. The van der Waals surface area contributed by atoms with Gasteiger partial charge in [0.25, 0.3) is 10.0 Å². The van der Waals surface area contributed by atoms with Crippen molar-refractivity contribution >= 4 is 21.9 Å². The summed E-state index contributed by atoms with van der Waals surface area (Å²) in [6.45, 7) is 0. The number of carbonyl (C=O) groups is 2. The van der Waals surface area contributed by atoms with Crippen LogP contribution in [-0.2, 0) is 14.8 Å². The lowest BCUT2D eigenvalue weighted by Gasteiger charge is -2.04. The van der Waals surface area contributed by atoms with Crippen molar-refractivity contribution in [1.82, 2.24) is 4.72 Å². The molecular weight excluding hydrogens is 298 g/mol. The largest absolute Gasteiger partial charge is 0.463 e. The van der Waals surface area contributed by atoms with Crippen LogP contribution in [0.1, 0.15) is 21.1 Å². The summed E-state index contributed by atoms with van der Waals surface area (Å²) < 4.78 is 35.1. The molecule has 1 aromatic heterocycles. The van der Waals surface area contributed by atoms with Gasteiger partial charge in [-0.15, -0.1) is 0 Å². The highest BCUT2D eigenvalue weighted by molar-refractivity contribution is 7.90. The zero-order chi connectivity index (χ0) is 15.5. The zero-order valence-corrected chi connectivity index (χ0v) is 11.7. The van der Waals surface area contributed by atoms with Crippen LogP contribution in [0.5, 0.6) is 0 Å². The quantitative estimate of drug-likeness (QED) is 0.851. The van der Waals surface area contributed by atoms with Crippen molar-refractivity contribution in [3.8, 4) is 0 Å². The lowest BCUT2D eigenvalue weighted by Crippen LogP contribution is -2.30. The van der Waals surface area contributed by atoms with E-state index in [-0.39, 0.29) is 16.4 Å². The van der Waals surface area contributed by atoms with Gasteiger partial charge in [-0.2, -0.15) is 0 Å². The summed E-state index contributed by atoms with van der Waals surface area (Å²) in [6, 6.07) is 9.80. The van der Waals surface area contributed by atoms with Gasteiger partial charge in [0.15, 0.2) is 5.76 Å². The summed E-state index contributed by atoms with van der Waals surface area (Å²) in [6.07, 6.45) is 0. The lowest BCUT2D eigenvalue weighted by molar-refractivity contribution is 0.0563. The number of esters is 1. The van der Waals surface area contributed by atoms with Crippen LogP contribution in [0.15, 0.2) is 51.8 Å². The van der Waals surface area contributed by atoms with Gasteiger partial charge in [0.1, 0.15) is 0 Å². The lowest BCUT2D eigenvalue weighted by atomic mass is 10.4. The molecule has 0 radical (unpaired) electrons. The molecule has 0 atom stereocenters. The van der Waals surface area contributed by atoms with Crippen LogP contribution in [0.4, 0.5) is 0 Å². The second-order valence-corrected chi connectivity index (χ2v) is 5.59. The molecule has 0 saturated carbocycles. The first-order valence-corrected chi connectivity index (χ1v) is 7.22. The number of sulfonamides is 1. The molecule has 0 fully saturated rings. The number of amides is 1. The minimum atomic E-state index is -4.00. The molecule has 1 heterocycles. The third-order valence-corrected chi connectivity index (χ3v) is 3.84. The van der Waals surface area contributed by atoms with E-state index in [9.17, 15) is 18.0 Å². The van der Waals surface area contributed by atoms with E-state index in [1.54, 1.807) is 6.07 Å². The summed E-state index contributed by atoms with van der Waals surface area (Å²) in [5.74, 6) is -2.25. The Morgan fingerprint density at radius 2 is 1.67 bits per heavy atom. The number of furan rings is 1. The normalized spacial score (nSPS) is 10.9. The molecular formula is C13H11NO6S. The third kappa shape index (κ3) is 3.29. The Bertz CT molecular complexity index is 763. The number of hydrogen-bond acceptors (Lipinski definition) is 6. The van der Waals surface area contributed by atoms with E-state index in [0.717, 1.165) is 7.11 Å². The Balaban J connectivity index is 2.18. The molecule has 0 saturated heterocycles. The SMILES string of the molecule is COC(=O)c1ccc(C(=O)NS(=O)(=O)c2ccccc2)o1. The first-order chi connectivity index (χ1) is 9.94. The average molecular weight is 309 g/mol. The second-order valence-electron chi connectivity index (χ2n) is 3.90. The highest BCUT2D eigenvalue weighted by atomic mass is 32.2. The van der Waals surface area contributed by atoms with Crippen LogP contribution in [0, 0.1) is 0 Å². The van der Waals surface area contributed by atoms with Gasteiger partial charge in [0, 0.05) is 0 Å². The van der Waals surface area contributed by atoms with Crippen molar-refractivity contribution in [1.29, 1.82) is 0 Å². The van der Waals surface area contributed by atoms with E-state index >= 15 is 0 Å². The fourth-order valence-electron chi connectivity index (χ4n) is 1.50. The minimum absolute atomic E-state index is 0.0573. The molecule has 0 spiro atoms. The highest BCUT2D eigenvalue weighted by Gasteiger charge is 2.22. The molecule has 110 valence electrons. The molecule has 0 aliphatic carbocycles. The summed E-state index contributed by atoms with van der Waals surface area (Å²) >= 11 is 0. The van der Waals surface area contributed by atoms with Crippen LogP contribution in [0.25, 0.3) is 0 Å². The number of hydrogen-bond donors (Lipinski definition) is 1. The summed E-state index contributed by atoms with van der Waals surface area (Å²) in [5, 5.41) is 0. The Morgan fingerprint density at radius 1 is 1.05 bits per heavy atom. The molecule has 0 bridgehead atoms. The maximum Gasteiger partial charge on any atom is 0.373 e. The smallest absolute Gasteiger partial charge is 0.373 e. The van der Waals surface area contributed by atoms with Gasteiger partial charge in [0.05, 0.1) is 12.0 Å². The number of ether oxygens (including phenoxy) is 1. The maximum absolute atomic E-state index is 11.9. The summed E-state index contributed by atoms with van der Waals surface area (Å²) in [7, 11) is -2.84. The fraction of sp³-hybridized carbons (Fsp3) is 0.0769. The zero-order valence-electron chi connectivity index (χ0n) is 10.9. The summed E-state index contributed by atoms with van der Waals surface area (Å²) in [4.78, 5) is 23.0. The van der Waals surface area contributed by atoms with Gasteiger partial charge in [-0.1, -0.05) is 18.2 Å². The van der Waals surface area contributed by atoms with Crippen molar-refractivity contribution in [2.24, 2.45) is 0 Å². The molecule has 2 aromatic rings. The maximum atomic E-state index is 11.9. The van der Waals surface area contributed by atoms with Crippen molar-refractivity contribution in [2.75, 3.05) is 7.11 Å². The van der Waals surface area contributed by atoms with Gasteiger partial charge in [0.2, 0.25) is 5.76 Å². The Kier molecular flexibility index (Phi) is 4.08. The molecule has 21 heavy (non-hydrogen) atoms. The predicted molar refractivity (Wildman–Crippen MR) is 71.1 cm³/mol. The first kappa shape index (κ1) is 14.8. The van der Waals surface area contributed by atoms with E-state index in [4.69, 9.17) is 4.42 Å². The topological polar surface area (TPSA) is 103 Å². The van der Waals surface area contributed by atoms with E-state index in [0.29, 0.717) is 0 Å². The molecule has 1 aromatic carbocycles. The number of benzene rings is 1. The van der Waals surface area contributed by atoms with Gasteiger partial charge in [-0.05, 0) is 24.3 Å². The van der Waals surface area contributed by atoms with Crippen molar-refractivity contribution in [3.05, 3.63) is 54.0 Å². The minimum Gasteiger partial charge on any atom is -0.463 e. The van der Waals surface area contributed by atoms with Crippen LogP contribution < -0.4 is 4.72 Å².